The van der Waals surface area contributed by atoms with Gasteiger partial charge in [0, 0.05) is 39.7 Å². The second-order valence-electron chi connectivity index (χ2n) is 8.17. The largest absolute Gasteiger partial charge is 0.508 e. The van der Waals surface area contributed by atoms with E-state index in [0.29, 0.717) is 27.9 Å². The van der Waals surface area contributed by atoms with Crippen molar-refractivity contribution in [3.05, 3.63) is 107 Å². The van der Waals surface area contributed by atoms with Crippen LogP contribution < -0.4 is 5.63 Å². The van der Waals surface area contributed by atoms with E-state index in [9.17, 15) is 15.2 Å². The Hall–Kier alpha value is -5.15. The van der Waals surface area contributed by atoms with E-state index in [4.69, 9.17) is 9.40 Å². The van der Waals surface area contributed by atoms with E-state index in [2.05, 4.69) is 11.1 Å². The lowest BCUT2D eigenvalue weighted by Crippen LogP contribution is -2.06. The molecular formula is C29H17N3O3. The molecular weight excluding hydrogens is 438 g/mol. The molecule has 6 rings (SSSR count). The number of para-hydroxylation sites is 1. The Morgan fingerprint density at radius 1 is 0.886 bits per heavy atom. The van der Waals surface area contributed by atoms with Gasteiger partial charge in [-0.05, 0) is 35.9 Å². The molecule has 0 saturated carbocycles. The van der Waals surface area contributed by atoms with Gasteiger partial charge in [-0.25, -0.2) is 9.78 Å². The van der Waals surface area contributed by atoms with Crippen LogP contribution in [-0.2, 0) is 0 Å². The highest BCUT2D eigenvalue weighted by atomic mass is 16.4. The van der Waals surface area contributed by atoms with Crippen LogP contribution in [0.5, 0.6) is 5.75 Å². The Morgan fingerprint density at radius 2 is 1.69 bits per heavy atom. The number of fused-ring (bicyclic) bond motifs is 2. The van der Waals surface area contributed by atoms with Gasteiger partial charge in [0.25, 0.3) is 0 Å². The predicted octanol–water partition coefficient (Wildman–Crippen LogP) is 6.25. The molecule has 166 valence electrons. The van der Waals surface area contributed by atoms with Crippen molar-refractivity contribution < 1.29 is 9.52 Å². The predicted molar refractivity (Wildman–Crippen MR) is 135 cm³/mol. The number of nitrogens with one attached hydrogen (secondary N) is 1. The van der Waals surface area contributed by atoms with Crippen molar-refractivity contribution in [2.45, 2.75) is 0 Å². The molecule has 0 amide bonds. The number of phenolic OH excluding ortho intramolecular Hbond substituents is 1. The van der Waals surface area contributed by atoms with Crippen LogP contribution in [0.2, 0.25) is 0 Å². The molecule has 0 aliphatic rings. The zero-order chi connectivity index (χ0) is 23.9. The van der Waals surface area contributed by atoms with E-state index in [-0.39, 0.29) is 16.9 Å². The average Bonchev–Trinajstić information content (AvgIpc) is 3.32. The Bertz CT molecular complexity index is 1840. The fraction of sp³-hybridized carbons (Fsp3) is 0. The van der Waals surface area contributed by atoms with Crippen LogP contribution in [0.3, 0.4) is 0 Å². The van der Waals surface area contributed by atoms with Crippen molar-refractivity contribution in [3.8, 4) is 45.5 Å². The summed E-state index contributed by atoms with van der Waals surface area (Å²) < 4.78 is 5.50. The second-order valence-corrected chi connectivity index (χ2v) is 8.17. The van der Waals surface area contributed by atoms with Gasteiger partial charge in [0.1, 0.15) is 17.4 Å². The molecule has 6 aromatic rings. The smallest absolute Gasteiger partial charge is 0.345 e. The van der Waals surface area contributed by atoms with Gasteiger partial charge in [0.05, 0.1) is 22.5 Å². The topological polar surface area (TPSA) is 103 Å². The summed E-state index contributed by atoms with van der Waals surface area (Å²) >= 11 is 0. The summed E-state index contributed by atoms with van der Waals surface area (Å²) in [6.45, 7) is 0. The van der Waals surface area contributed by atoms with Gasteiger partial charge in [-0.15, -0.1) is 0 Å². The number of hydrogen-bond acceptors (Lipinski definition) is 5. The number of benzene rings is 3. The van der Waals surface area contributed by atoms with Gasteiger partial charge in [0.2, 0.25) is 0 Å². The van der Waals surface area contributed by atoms with E-state index in [0.717, 1.165) is 22.0 Å². The number of phenols is 1. The summed E-state index contributed by atoms with van der Waals surface area (Å²) in [6.07, 6.45) is 1.83. The lowest BCUT2D eigenvalue weighted by molar-refractivity contribution is 0.473. The quantitative estimate of drug-likeness (QED) is 0.307. The highest BCUT2D eigenvalue weighted by Gasteiger charge is 2.20. The van der Waals surface area contributed by atoms with Gasteiger partial charge in [-0.3, -0.25) is 0 Å². The zero-order valence-electron chi connectivity index (χ0n) is 18.3. The monoisotopic (exact) mass is 455 g/mol. The molecule has 3 heterocycles. The summed E-state index contributed by atoms with van der Waals surface area (Å²) in [6, 6.07) is 27.8. The maximum absolute atomic E-state index is 13.0. The van der Waals surface area contributed by atoms with Crippen LogP contribution >= 0.6 is 0 Å². The van der Waals surface area contributed by atoms with Gasteiger partial charge in [-0.1, -0.05) is 48.5 Å². The minimum atomic E-state index is -0.579. The first kappa shape index (κ1) is 20.5. The molecule has 0 spiro atoms. The molecule has 6 nitrogen and oxygen atoms in total. The number of aromatic amines is 1. The highest BCUT2D eigenvalue weighted by Crippen LogP contribution is 2.37. The van der Waals surface area contributed by atoms with Crippen LogP contribution in [-0.4, -0.2) is 15.1 Å². The third-order valence-electron chi connectivity index (χ3n) is 6.06. The average molecular weight is 455 g/mol. The lowest BCUT2D eigenvalue weighted by atomic mass is 9.94. The molecule has 2 N–H and O–H groups in total. The first-order valence-corrected chi connectivity index (χ1v) is 11.0. The molecule has 3 aromatic carbocycles. The molecule has 0 aliphatic carbocycles. The number of aromatic hydroxyl groups is 1. The van der Waals surface area contributed by atoms with Gasteiger partial charge < -0.3 is 14.5 Å². The van der Waals surface area contributed by atoms with Crippen LogP contribution in [0, 0.1) is 11.3 Å². The number of aromatic nitrogens is 2. The molecule has 0 fully saturated rings. The Morgan fingerprint density at radius 3 is 2.51 bits per heavy atom. The summed E-state index contributed by atoms with van der Waals surface area (Å²) in [5.41, 5.74) is 4.46. The molecule has 35 heavy (non-hydrogen) atoms. The van der Waals surface area contributed by atoms with Crippen molar-refractivity contribution in [2.75, 3.05) is 0 Å². The van der Waals surface area contributed by atoms with E-state index >= 15 is 0 Å². The fourth-order valence-corrected chi connectivity index (χ4v) is 4.38. The van der Waals surface area contributed by atoms with Gasteiger partial charge >= 0.3 is 5.63 Å². The lowest BCUT2D eigenvalue weighted by Gasteiger charge is -2.12. The number of rotatable bonds is 3. The van der Waals surface area contributed by atoms with Crippen LogP contribution in [0.15, 0.2) is 100 Å². The molecule has 0 aliphatic heterocycles. The number of hydrogen-bond donors (Lipinski definition) is 2. The van der Waals surface area contributed by atoms with Crippen LogP contribution in [0.4, 0.5) is 0 Å². The second kappa shape index (κ2) is 8.01. The minimum absolute atomic E-state index is 0.0119. The molecule has 0 unspecified atom stereocenters. The third kappa shape index (κ3) is 3.43. The zero-order valence-corrected chi connectivity index (χ0v) is 18.3. The SMILES string of the molecule is N#Cc1c(-c2ccccc2)cc(-c2cc3ccc(O)cc3oc2=O)nc1-c1c[nH]c2ccccc12. The maximum atomic E-state index is 13.0. The Kier molecular flexibility index (Phi) is 4.68. The summed E-state index contributed by atoms with van der Waals surface area (Å²) in [5, 5.41) is 21.5. The van der Waals surface area contributed by atoms with Crippen molar-refractivity contribution >= 4 is 21.9 Å². The van der Waals surface area contributed by atoms with Crippen molar-refractivity contribution in [3.63, 3.8) is 0 Å². The number of nitrogens with zero attached hydrogens (tertiary/aromatic N) is 2. The van der Waals surface area contributed by atoms with Crippen molar-refractivity contribution in [2.24, 2.45) is 0 Å². The molecule has 0 saturated heterocycles. The van der Waals surface area contributed by atoms with Crippen molar-refractivity contribution in [1.82, 2.24) is 9.97 Å². The van der Waals surface area contributed by atoms with Gasteiger partial charge in [-0.2, -0.15) is 5.26 Å². The van der Waals surface area contributed by atoms with Crippen molar-refractivity contribution in [1.29, 1.82) is 5.26 Å². The molecule has 6 heteroatoms. The summed E-state index contributed by atoms with van der Waals surface area (Å²) in [4.78, 5) is 21.1. The summed E-state index contributed by atoms with van der Waals surface area (Å²) in [5.74, 6) is 0.0119. The van der Waals surface area contributed by atoms with E-state index in [1.165, 1.54) is 12.1 Å². The number of nitriles is 1. The molecule has 0 atom stereocenters. The maximum Gasteiger partial charge on any atom is 0.345 e. The van der Waals surface area contributed by atoms with Crippen LogP contribution in [0.25, 0.3) is 55.5 Å². The van der Waals surface area contributed by atoms with E-state index < -0.39 is 5.63 Å². The van der Waals surface area contributed by atoms with Crippen LogP contribution in [0.1, 0.15) is 5.56 Å². The normalized spacial score (nSPS) is 11.1. The molecule has 0 bridgehead atoms. The van der Waals surface area contributed by atoms with E-state index in [1.54, 1.807) is 18.2 Å². The number of H-pyrrole nitrogens is 1. The molecule has 0 radical (unpaired) electrons. The number of pyridine rings is 1. The molecule has 3 aromatic heterocycles. The van der Waals surface area contributed by atoms with E-state index in [1.807, 2.05) is 60.8 Å². The first-order valence-electron chi connectivity index (χ1n) is 11.0. The Balaban J connectivity index is 1.69. The van der Waals surface area contributed by atoms with Gasteiger partial charge in [0.15, 0.2) is 0 Å². The minimum Gasteiger partial charge on any atom is -0.508 e. The summed E-state index contributed by atoms with van der Waals surface area (Å²) in [7, 11) is 0. The standard InChI is InChI=1S/C29H17N3O3/c30-15-23-21(17-6-2-1-3-7-17)14-26(22-12-18-10-11-19(33)13-27(18)35-29(22)34)32-28(23)24-16-31-25-9-5-4-8-20(24)25/h1-14,16,31,33H. The Labute approximate surface area is 199 Å². The first-order chi connectivity index (χ1) is 17.1. The fourth-order valence-electron chi connectivity index (χ4n) is 4.38. The highest BCUT2D eigenvalue weighted by molar-refractivity contribution is 5.98. The third-order valence-corrected chi connectivity index (χ3v) is 6.06.